The van der Waals surface area contributed by atoms with Gasteiger partial charge in [-0.05, 0) is 47.3 Å². The minimum absolute atomic E-state index is 0.0180. The number of phenolic OH excluding ortho intramolecular Hbond substituents is 2. The van der Waals surface area contributed by atoms with Crippen LogP contribution in [0.3, 0.4) is 0 Å². The molecule has 1 fully saturated rings. The molecule has 206 valence electrons. The Morgan fingerprint density at radius 2 is 1.74 bits per heavy atom. The summed E-state index contributed by atoms with van der Waals surface area (Å²) in [5.41, 5.74) is 1.16. The number of aliphatic carboxylic acids is 1. The van der Waals surface area contributed by atoms with Gasteiger partial charge in [-0.2, -0.15) is 11.8 Å². The number of hydrogen-bond donors (Lipinski definition) is 8. The molecule has 1 heterocycles. The summed E-state index contributed by atoms with van der Waals surface area (Å²) >= 11 is 1.45. The highest BCUT2D eigenvalue weighted by Gasteiger charge is 2.50. The van der Waals surface area contributed by atoms with Crippen LogP contribution in [-0.4, -0.2) is 108 Å². The lowest BCUT2D eigenvalue weighted by molar-refractivity contribution is -0.232. The number of thioether (sulfide) groups is 1. The number of nitrogens with zero attached hydrogens (tertiary/aromatic N) is 1. The van der Waals surface area contributed by atoms with E-state index in [0.717, 1.165) is 0 Å². The van der Waals surface area contributed by atoms with Gasteiger partial charge in [0.05, 0.1) is 25.0 Å². The van der Waals surface area contributed by atoms with Crippen molar-refractivity contribution in [3.8, 4) is 11.5 Å². The van der Waals surface area contributed by atoms with Crippen molar-refractivity contribution in [3.05, 3.63) is 58.1 Å². The van der Waals surface area contributed by atoms with E-state index in [2.05, 4.69) is 4.99 Å². The summed E-state index contributed by atoms with van der Waals surface area (Å²) in [5.74, 6) is -2.28. The number of benzene rings is 2. The van der Waals surface area contributed by atoms with Crippen molar-refractivity contribution in [2.75, 3.05) is 18.6 Å². The van der Waals surface area contributed by atoms with Crippen LogP contribution in [0, 0.1) is 0 Å². The van der Waals surface area contributed by atoms with Crippen LogP contribution >= 0.6 is 11.8 Å². The van der Waals surface area contributed by atoms with Gasteiger partial charge < -0.3 is 45.6 Å². The van der Waals surface area contributed by atoms with Gasteiger partial charge in [-0.3, -0.25) is 4.99 Å². The van der Waals surface area contributed by atoms with Crippen molar-refractivity contribution in [1.29, 1.82) is 0 Å². The van der Waals surface area contributed by atoms with Gasteiger partial charge in [0.15, 0.2) is 0 Å². The molecule has 0 spiro atoms. The number of aliphatic hydroxyl groups is 5. The number of aliphatic hydroxyl groups excluding tert-OH is 5. The molecule has 1 unspecified atom stereocenters. The molecule has 0 aromatic heterocycles. The van der Waals surface area contributed by atoms with Crippen LogP contribution in [0.1, 0.15) is 40.2 Å². The molecule has 4 rings (SSSR count). The van der Waals surface area contributed by atoms with E-state index in [9.17, 15) is 45.6 Å². The largest absolute Gasteiger partial charge is 0.507 e. The van der Waals surface area contributed by atoms with Crippen LogP contribution in [-0.2, 0) is 16.1 Å². The van der Waals surface area contributed by atoms with Gasteiger partial charge >= 0.3 is 5.97 Å². The lowest BCUT2D eigenvalue weighted by Gasteiger charge is -2.45. The highest BCUT2D eigenvalue weighted by Crippen LogP contribution is 2.48. The third-order valence-electron chi connectivity index (χ3n) is 7.03. The highest BCUT2D eigenvalue weighted by molar-refractivity contribution is 7.98. The monoisotopic (exact) mass is 549 g/mol. The van der Waals surface area contributed by atoms with Crippen LogP contribution in [0.25, 0.3) is 0 Å². The predicted molar refractivity (Wildman–Crippen MR) is 138 cm³/mol. The number of carboxylic acid groups (broad SMARTS) is 1. The first-order valence-corrected chi connectivity index (χ1v) is 13.4. The molecule has 8 N–H and O–H groups in total. The Balaban J connectivity index is 2.00. The van der Waals surface area contributed by atoms with E-state index < -0.39 is 61.7 Å². The van der Waals surface area contributed by atoms with Crippen molar-refractivity contribution in [2.45, 2.75) is 55.5 Å². The molecule has 1 saturated heterocycles. The molecule has 1 aliphatic carbocycles. The molecule has 0 radical (unpaired) electrons. The lowest BCUT2D eigenvalue weighted by Crippen LogP contribution is -2.60. The maximum absolute atomic E-state index is 12.1. The Labute approximate surface area is 222 Å². The molecule has 0 saturated carbocycles. The molecule has 0 bridgehead atoms. The number of aliphatic imine (C=N–C) groups is 1. The van der Waals surface area contributed by atoms with Crippen molar-refractivity contribution in [2.24, 2.45) is 4.99 Å². The lowest BCUT2D eigenvalue weighted by atomic mass is 9.71. The zero-order valence-corrected chi connectivity index (χ0v) is 21.3. The molecule has 2 aliphatic rings. The summed E-state index contributed by atoms with van der Waals surface area (Å²) in [5, 5.41) is 83.3. The number of ether oxygens (including phenoxy) is 1. The van der Waals surface area contributed by atoms with E-state index in [1.54, 1.807) is 12.1 Å². The number of carboxylic acids is 1. The molecule has 11 nitrogen and oxygen atoms in total. The van der Waals surface area contributed by atoms with Crippen molar-refractivity contribution in [3.63, 3.8) is 0 Å². The number of aromatic hydroxyl groups is 2. The minimum Gasteiger partial charge on any atom is -0.507 e. The average molecular weight is 550 g/mol. The number of fused-ring (bicyclic) bond motifs is 2. The van der Waals surface area contributed by atoms with E-state index >= 15 is 0 Å². The number of rotatable bonds is 8. The number of carbonyl (C=O) groups is 1. The van der Waals surface area contributed by atoms with Gasteiger partial charge in [0.2, 0.25) is 0 Å². The summed E-state index contributed by atoms with van der Waals surface area (Å²) in [6, 6.07) is 6.16. The Morgan fingerprint density at radius 3 is 2.37 bits per heavy atom. The molecule has 7 atom stereocenters. The van der Waals surface area contributed by atoms with Gasteiger partial charge in [0.1, 0.15) is 42.0 Å². The fourth-order valence-corrected chi connectivity index (χ4v) is 5.65. The Kier molecular flexibility index (Phi) is 8.62. The van der Waals surface area contributed by atoms with E-state index in [-0.39, 0.29) is 34.8 Å². The third-order valence-corrected chi connectivity index (χ3v) is 7.68. The second-order valence-corrected chi connectivity index (χ2v) is 10.3. The fraction of sp³-hybridized carbons (Fsp3) is 0.462. The van der Waals surface area contributed by atoms with Crippen LogP contribution in [0.15, 0.2) is 35.3 Å². The zero-order valence-electron chi connectivity index (χ0n) is 20.5. The Morgan fingerprint density at radius 1 is 1.03 bits per heavy atom. The van der Waals surface area contributed by atoms with Gasteiger partial charge in [-0.1, -0.05) is 18.2 Å². The Bertz CT molecular complexity index is 1220. The molecule has 2 aromatic rings. The normalized spacial score (nSPS) is 28.5. The third kappa shape index (κ3) is 5.00. The van der Waals surface area contributed by atoms with E-state index in [1.807, 2.05) is 6.26 Å². The minimum atomic E-state index is -1.68. The second-order valence-electron chi connectivity index (χ2n) is 9.36. The summed E-state index contributed by atoms with van der Waals surface area (Å²) in [6.45, 7) is -1.11. The van der Waals surface area contributed by atoms with Crippen LogP contribution in [0.5, 0.6) is 11.5 Å². The van der Waals surface area contributed by atoms with Crippen LogP contribution in [0.4, 0.5) is 0 Å². The first-order chi connectivity index (χ1) is 18.1. The maximum atomic E-state index is 12.1. The van der Waals surface area contributed by atoms with Gasteiger partial charge in [0, 0.05) is 17.0 Å². The van der Waals surface area contributed by atoms with Gasteiger partial charge in [-0.25, -0.2) is 4.79 Å². The second kappa shape index (κ2) is 11.6. The zero-order chi connectivity index (χ0) is 27.7. The summed E-state index contributed by atoms with van der Waals surface area (Å²) < 4.78 is 5.87. The summed E-state index contributed by atoms with van der Waals surface area (Å²) in [7, 11) is 0. The smallest absolute Gasteiger partial charge is 0.328 e. The number of hydrogen-bond acceptors (Lipinski definition) is 11. The van der Waals surface area contributed by atoms with E-state index in [1.165, 1.54) is 30.0 Å². The average Bonchev–Trinajstić information content (AvgIpc) is 2.89. The molecule has 0 amide bonds. The van der Waals surface area contributed by atoms with E-state index in [0.29, 0.717) is 22.4 Å². The highest BCUT2D eigenvalue weighted by atomic mass is 32.2. The standard InChI is InChI=1S/C26H31NO10S/c1-38-6-5-14(26(35)36)27-21-19-12(3-2-4-15(19)30)18(13-7-11(9-28)8-16(31)20(13)21)25-24(34)23(33)22(32)17(10-29)37-25/h2-4,7-8,14,17-18,22-25,28-34H,5-6,9-10H2,1H3,(H,35,36)/t14-,17+,18?,22+,23-,24+,25-/m0/s1. The fourth-order valence-electron chi connectivity index (χ4n) is 5.19. The van der Waals surface area contributed by atoms with Crippen molar-refractivity contribution in [1.82, 2.24) is 0 Å². The summed E-state index contributed by atoms with van der Waals surface area (Å²) in [4.78, 5) is 16.5. The molecule has 38 heavy (non-hydrogen) atoms. The van der Waals surface area contributed by atoms with Crippen molar-refractivity contribution >= 4 is 23.4 Å². The molecular formula is C26H31NO10S. The first-order valence-electron chi connectivity index (χ1n) is 12.0. The number of phenols is 2. The molecule has 12 heteroatoms. The SMILES string of the molecule is CSCC[C@H](N=C1c2c(O)cccc2C([C@@H]2O[C@H](CO)[C@@H](O)[C@H](O)[C@H]2O)c2cc(CO)cc(O)c21)C(=O)O. The topological polar surface area (TPSA) is 200 Å². The molecular weight excluding hydrogens is 518 g/mol. The quantitative estimate of drug-likeness (QED) is 0.219. The van der Waals surface area contributed by atoms with Crippen molar-refractivity contribution < 1.29 is 50.4 Å². The van der Waals surface area contributed by atoms with Gasteiger partial charge in [-0.15, -0.1) is 0 Å². The predicted octanol–water partition coefficient (Wildman–Crippen LogP) is -0.0785. The van der Waals surface area contributed by atoms with Crippen LogP contribution < -0.4 is 0 Å². The van der Waals surface area contributed by atoms with Crippen LogP contribution in [0.2, 0.25) is 0 Å². The molecule has 1 aliphatic heterocycles. The van der Waals surface area contributed by atoms with E-state index in [4.69, 9.17) is 4.74 Å². The Hall–Kier alpha value is -2.71. The maximum Gasteiger partial charge on any atom is 0.328 e. The van der Waals surface area contributed by atoms with Gasteiger partial charge in [0.25, 0.3) is 0 Å². The molecule has 2 aromatic carbocycles. The first kappa shape index (κ1) is 28.3. The summed E-state index contributed by atoms with van der Waals surface area (Å²) in [6.07, 6.45) is -5.39.